The fraction of sp³-hybridized carbons (Fsp3) is 0.467. The largest absolute Gasteiger partial charge is 0.278 e. The van der Waals surface area contributed by atoms with Gasteiger partial charge in [-0.15, -0.1) is 0 Å². The molecule has 0 N–H and O–H groups in total. The lowest BCUT2D eigenvalue weighted by molar-refractivity contribution is -0.141. The van der Waals surface area contributed by atoms with E-state index in [1.54, 1.807) is 12.1 Å². The Morgan fingerprint density at radius 2 is 1.85 bits per heavy atom. The van der Waals surface area contributed by atoms with E-state index in [4.69, 9.17) is 0 Å². The molecule has 0 aromatic heterocycles. The quantitative estimate of drug-likeness (QED) is 0.776. The lowest BCUT2D eigenvalue weighted by Gasteiger charge is -2.17. The second kappa shape index (κ2) is 4.95. The molecule has 2 unspecified atom stereocenters. The van der Waals surface area contributed by atoms with Gasteiger partial charge in [-0.3, -0.25) is 14.5 Å². The number of carbonyl (C=O) groups is 2. The fourth-order valence-electron chi connectivity index (χ4n) is 3.34. The van der Waals surface area contributed by atoms with Crippen LogP contribution in [0.4, 0.5) is 4.39 Å². The van der Waals surface area contributed by atoms with Crippen LogP contribution < -0.4 is 0 Å². The molecular weight excluding hydrogens is 325 g/mol. The molecule has 2 amide bonds. The van der Waals surface area contributed by atoms with Gasteiger partial charge in [-0.05, 0) is 37.0 Å². The van der Waals surface area contributed by atoms with Crippen molar-refractivity contribution in [2.75, 3.05) is 0 Å². The molecule has 1 aromatic rings. The Kier molecular flexibility index (Phi) is 3.40. The van der Waals surface area contributed by atoms with Gasteiger partial charge in [0.25, 0.3) is 0 Å². The van der Waals surface area contributed by atoms with Crippen LogP contribution in [-0.4, -0.2) is 16.7 Å². The highest BCUT2D eigenvalue weighted by Crippen LogP contribution is 2.43. The maximum Gasteiger partial charge on any atom is 0.233 e. The molecule has 0 bridgehead atoms. The van der Waals surface area contributed by atoms with Crippen LogP contribution in [0.2, 0.25) is 0 Å². The van der Waals surface area contributed by atoms with E-state index in [0.717, 1.165) is 17.3 Å². The molecule has 0 spiro atoms. The highest BCUT2D eigenvalue weighted by molar-refractivity contribution is 9.10. The van der Waals surface area contributed by atoms with E-state index in [1.165, 1.54) is 11.0 Å². The third-order valence-electron chi connectivity index (χ3n) is 4.30. The summed E-state index contributed by atoms with van der Waals surface area (Å²) in [6.07, 6.45) is 1.54. The smallest absolute Gasteiger partial charge is 0.233 e. The Hall–Kier alpha value is -1.23. The molecule has 1 aromatic carbocycles. The Balaban J connectivity index is 1.84. The van der Waals surface area contributed by atoms with E-state index >= 15 is 0 Å². The van der Waals surface area contributed by atoms with Crippen LogP contribution in [0.1, 0.15) is 25.3 Å². The summed E-state index contributed by atoms with van der Waals surface area (Å²) in [5, 5.41) is 0. The molecule has 1 heterocycles. The molecule has 1 saturated heterocycles. The number of nitrogens with zero attached hydrogens (tertiary/aromatic N) is 1. The molecule has 3 nitrogen and oxygen atoms in total. The maximum atomic E-state index is 13.8. The van der Waals surface area contributed by atoms with E-state index in [1.807, 2.05) is 0 Å². The molecule has 1 aliphatic heterocycles. The molecule has 2 atom stereocenters. The standard InChI is InChI=1S/C15H15BrFNO2/c1-8-4-11-12(5-8)15(20)18(14(11)19)7-9-6-10(16)2-3-13(9)17/h2-3,6,8,11-12H,4-5,7H2,1H3. The first-order valence-electron chi connectivity index (χ1n) is 6.76. The summed E-state index contributed by atoms with van der Waals surface area (Å²) in [4.78, 5) is 25.9. The van der Waals surface area contributed by atoms with Crippen LogP contribution in [0.5, 0.6) is 0 Å². The number of amides is 2. The fourth-order valence-corrected chi connectivity index (χ4v) is 3.75. The third kappa shape index (κ3) is 2.18. The van der Waals surface area contributed by atoms with Gasteiger partial charge < -0.3 is 0 Å². The van der Waals surface area contributed by atoms with Gasteiger partial charge in [-0.1, -0.05) is 22.9 Å². The zero-order valence-corrected chi connectivity index (χ0v) is 12.7. The number of hydrogen-bond donors (Lipinski definition) is 0. The first-order chi connectivity index (χ1) is 9.47. The predicted octanol–water partition coefficient (Wildman–Crippen LogP) is 3.12. The number of benzene rings is 1. The minimum absolute atomic E-state index is 0.0321. The van der Waals surface area contributed by atoms with Gasteiger partial charge >= 0.3 is 0 Å². The highest BCUT2D eigenvalue weighted by Gasteiger charge is 2.51. The Morgan fingerprint density at radius 1 is 1.25 bits per heavy atom. The monoisotopic (exact) mass is 339 g/mol. The summed E-state index contributed by atoms with van der Waals surface area (Å²) in [5.41, 5.74) is 0.370. The lowest BCUT2D eigenvalue weighted by Crippen LogP contribution is -2.32. The molecule has 106 valence electrons. The lowest BCUT2D eigenvalue weighted by atomic mass is 10.00. The van der Waals surface area contributed by atoms with Crippen molar-refractivity contribution in [2.45, 2.75) is 26.3 Å². The molecule has 20 heavy (non-hydrogen) atoms. The Bertz CT molecular complexity index is 565. The molecule has 1 aliphatic carbocycles. The first kappa shape index (κ1) is 13.7. The highest BCUT2D eigenvalue weighted by atomic mass is 79.9. The van der Waals surface area contributed by atoms with Crippen LogP contribution in [0, 0.1) is 23.6 Å². The zero-order chi connectivity index (χ0) is 14.4. The van der Waals surface area contributed by atoms with Crippen molar-refractivity contribution in [3.8, 4) is 0 Å². The van der Waals surface area contributed by atoms with Crippen LogP contribution in [0.15, 0.2) is 22.7 Å². The number of likely N-dealkylation sites (tertiary alicyclic amines) is 1. The van der Waals surface area contributed by atoms with Crippen molar-refractivity contribution in [3.63, 3.8) is 0 Å². The van der Waals surface area contributed by atoms with Gasteiger partial charge in [0.15, 0.2) is 0 Å². The van der Waals surface area contributed by atoms with Gasteiger partial charge in [-0.25, -0.2) is 4.39 Å². The van der Waals surface area contributed by atoms with E-state index < -0.39 is 0 Å². The second-order valence-electron chi connectivity index (χ2n) is 5.79. The summed E-state index contributed by atoms with van der Waals surface area (Å²) >= 11 is 3.28. The number of imide groups is 1. The average molecular weight is 340 g/mol. The predicted molar refractivity (Wildman–Crippen MR) is 75.0 cm³/mol. The molecule has 0 radical (unpaired) electrons. The van der Waals surface area contributed by atoms with Gasteiger partial charge in [-0.2, -0.15) is 0 Å². The number of halogens is 2. The number of carbonyl (C=O) groups excluding carboxylic acids is 2. The average Bonchev–Trinajstić information content (AvgIpc) is 2.88. The molecule has 1 saturated carbocycles. The third-order valence-corrected chi connectivity index (χ3v) is 4.79. The summed E-state index contributed by atoms with van der Waals surface area (Å²) < 4.78 is 14.5. The SMILES string of the molecule is CC1CC2C(=O)N(Cc3cc(Br)ccc3F)C(=O)C2C1. The second-order valence-corrected chi connectivity index (χ2v) is 6.70. The molecular formula is C15H15BrFNO2. The maximum absolute atomic E-state index is 13.8. The molecule has 2 aliphatic rings. The van der Waals surface area contributed by atoms with Crippen LogP contribution in [0.25, 0.3) is 0 Å². The topological polar surface area (TPSA) is 37.4 Å². The number of hydrogen-bond acceptors (Lipinski definition) is 2. The van der Waals surface area contributed by atoms with Crippen molar-refractivity contribution in [2.24, 2.45) is 17.8 Å². The summed E-state index contributed by atoms with van der Waals surface area (Å²) in [6.45, 7) is 2.10. The summed E-state index contributed by atoms with van der Waals surface area (Å²) in [5.74, 6) is -0.616. The van der Waals surface area contributed by atoms with Gasteiger partial charge in [0.1, 0.15) is 5.82 Å². The summed E-state index contributed by atoms with van der Waals surface area (Å²) in [6, 6.07) is 4.56. The number of rotatable bonds is 2. The van der Waals surface area contributed by atoms with Crippen molar-refractivity contribution >= 4 is 27.7 Å². The molecule has 5 heteroatoms. The van der Waals surface area contributed by atoms with E-state index in [2.05, 4.69) is 22.9 Å². The summed E-state index contributed by atoms with van der Waals surface area (Å²) in [7, 11) is 0. The minimum atomic E-state index is -0.390. The van der Waals surface area contributed by atoms with Gasteiger partial charge in [0.2, 0.25) is 11.8 Å². The van der Waals surface area contributed by atoms with Crippen LogP contribution in [-0.2, 0) is 16.1 Å². The normalized spacial score (nSPS) is 29.1. The minimum Gasteiger partial charge on any atom is -0.278 e. The first-order valence-corrected chi connectivity index (χ1v) is 7.56. The zero-order valence-electron chi connectivity index (χ0n) is 11.1. The Morgan fingerprint density at radius 3 is 2.45 bits per heavy atom. The molecule has 3 rings (SSSR count). The van der Waals surface area contributed by atoms with Crippen molar-refractivity contribution in [1.29, 1.82) is 0 Å². The van der Waals surface area contributed by atoms with E-state index in [0.29, 0.717) is 11.5 Å². The molecule has 2 fully saturated rings. The van der Waals surface area contributed by atoms with Crippen LogP contribution >= 0.6 is 15.9 Å². The van der Waals surface area contributed by atoms with Crippen molar-refractivity contribution in [3.05, 3.63) is 34.1 Å². The van der Waals surface area contributed by atoms with E-state index in [9.17, 15) is 14.0 Å². The Labute approximate surface area is 125 Å². The van der Waals surface area contributed by atoms with Crippen molar-refractivity contribution in [1.82, 2.24) is 4.90 Å². The number of fused-ring (bicyclic) bond motifs is 1. The van der Waals surface area contributed by atoms with Gasteiger partial charge in [0, 0.05) is 10.0 Å². The van der Waals surface area contributed by atoms with E-state index in [-0.39, 0.29) is 36.0 Å². The van der Waals surface area contributed by atoms with Crippen LogP contribution in [0.3, 0.4) is 0 Å². The van der Waals surface area contributed by atoms with Crippen molar-refractivity contribution < 1.29 is 14.0 Å². The van der Waals surface area contributed by atoms with Gasteiger partial charge in [0.05, 0.1) is 18.4 Å².